The Morgan fingerprint density at radius 3 is 1.92 bits per heavy atom. The van der Waals surface area contributed by atoms with E-state index in [1.54, 1.807) is 44.2 Å². The van der Waals surface area contributed by atoms with Gasteiger partial charge >= 0.3 is 11.9 Å². The standard InChI is InChI=1S/C23H33N5O8/c1-12(2)19(23(35)36)28-22(34)16(11-18(30)31)27-21(33)15(10-13-6-4-3-5-7-13)26-20(32)14(24)8-9-17(25)29/h3-7,12,14-16,19H,8-11,24H2,1-2H3,(H2,25,29)(H,26,32)(H,27,33)(H,28,34)(H,30,31)(H,35,36). The molecule has 0 aliphatic heterocycles. The largest absolute Gasteiger partial charge is 0.481 e. The number of carbonyl (C=O) groups is 6. The maximum Gasteiger partial charge on any atom is 0.326 e. The fourth-order valence-corrected chi connectivity index (χ4v) is 3.19. The summed E-state index contributed by atoms with van der Waals surface area (Å²) < 4.78 is 0. The molecule has 13 heteroatoms. The molecule has 1 aromatic carbocycles. The third-order valence-corrected chi connectivity index (χ3v) is 5.20. The van der Waals surface area contributed by atoms with Crippen LogP contribution in [0.1, 0.15) is 38.7 Å². The van der Waals surface area contributed by atoms with Crippen molar-refractivity contribution in [2.75, 3.05) is 0 Å². The number of rotatable bonds is 15. The average molecular weight is 508 g/mol. The van der Waals surface area contributed by atoms with Crippen molar-refractivity contribution in [2.24, 2.45) is 17.4 Å². The van der Waals surface area contributed by atoms with Gasteiger partial charge in [-0.3, -0.25) is 24.0 Å². The average Bonchev–Trinajstić information content (AvgIpc) is 2.79. The van der Waals surface area contributed by atoms with Crippen molar-refractivity contribution >= 4 is 35.6 Å². The molecule has 36 heavy (non-hydrogen) atoms. The Labute approximate surface area is 208 Å². The molecule has 1 rings (SSSR count). The van der Waals surface area contributed by atoms with Crippen molar-refractivity contribution in [3.63, 3.8) is 0 Å². The molecule has 13 nitrogen and oxygen atoms in total. The Morgan fingerprint density at radius 1 is 0.861 bits per heavy atom. The van der Waals surface area contributed by atoms with Crippen molar-refractivity contribution in [3.8, 4) is 0 Å². The van der Waals surface area contributed by atoms with Crippen LogP contribution in [-0.2, 0) is 35.2 Å². The lowest BCUT2D eigenvalue weighted by Crippen LogP contribution is -2.58. The number of carbonyl (C=O) groups excluding carboxylic acids is 4. The van der Waals surface area contributed by atoms with Gasteiger partial charge in [0.1, 0.15) is 18.1 Å². The van der Waals surface area contributed by atoms with E-state index >= 15 is 0 Å². The summed E-state index contributed by atoms with van der Waals surface area (Å²) in [6.45, 7) is 3.10. The highest BCUT2D eigenvalue weighted by Gasteiger charge is 2.32. The van der Waals surface area contributed by atoms with Gasteiger partial charge < -0.3 is 37.6 Å². The van der Waals surface area contributed by atoms with E-state index in [1.807, 2.05) is 0 Å². The summed E-state index contributed by atoms with van der Waals surface area (Å²) in [5.41, 5.74) is 11.5. The van der Waals surface area contributed by atoms with Gasteiger partial charge in [0.25, 0.3) is 0 Å². The molecular weight excluding hydrogens is 474 g/mol. The van der Waals surface area contributed by atoms with Gasteiger partial charge in [-0.05, 0) is 17.9 Å². The number of carboxylic acid groups (broad SMARTS) is 2. The van der Waals surface area contributed by atoms with E-state index in [0.717, 1.165) is 0 Å². The van der Waals surface area contributed by atoms with Gasteiger partial charge in [-0.15, -0.1) is 0 Å². The summed E-state index contributed by atoms with van der Waals surface area (Å²) in [6, 6.07) is 3.22. The van der Waals surface area contributed by atoms with Crippen molar-refractivity contribution in [3.05, 3.63) is 35.9 Å². The molecule has 0 heterocycles. The summed E-state index contributed by atoms with van der Waals surface area (Å²) in [5.74, 6) is -6.54. The molecule has 0 aromatic heterocycles. The highest BCUT2D eigenvalue weighted by molar-refractivity contribution is 5.95. The summed E-state index contributed by atoms with van der Waals surface area (Å²) in [6.07, 6.45) is -1.06. The zero-order chi connectivity index (χ0) is 27.4. The molecule has 0 aliphatic rings. The van der Waals surface area contributed by atoms with Crippen molar-refractivity contribution in [1.82, 2.24) is 16.0 Å². The Bertz CT molecular complexity index is 953. The van der Waals surface area contributed by atoms with E-state index in [4.69, 9.17) is 11.5 Å². The second kappa shape index (κ2) is 14.4. The summed E-state index contributed by atoms with van der Waals surface area (Å²) in [7, 11) is 0. The Balaban J connectivity index is 3.10. The number of hydrogen-bond donors (Lipinski definition) is 7. The maximum atomic E-state index is 13.1. The fourth-order valence-electron chi connectivity index (χ4n) is 3.19. The first kappa shape index (κ1) is 30.0. The van der Waals surface area contributed by atoms with Crippen LogP contribution in [0.3, 0.4) is 0 Å². The van der Waals surface area contributed by atoms with Gasteiger partial charge in [0.2, 0.25) is 23.6 Å². The predicted octanol–water partition coefficient (Wildman–Crippen LogP) is -1.51. The third-order valence-electron chi connectivity index (χ3n) is 5.20. The van der Waals surface area contributed by atoms with Gasteiger partial charge in [0, 0.05) is 12.8 Å². The molecule has 0 aliphatic carbocycles. The SMILES string of the molecule is CC(C)C(NC(=O)C(CC(=O)O)NC(=O)C(Cc1ccccc1)NC(=O)C(N)CCC(N)=O)C(=O)O. The van der Waals surface area contributed by atoms with E-state index in [1.165, 1.54) is 0 Å². The molecule has 1 aromatic rings. The third kappa shape index (κ3) is 10.5. The summed E-state index contributed by atoms with van der Waals surface area (Å²) in [4.78, 5) is 72.1. The lowest BCUT2D eigenvalue weighted by atomic mass is 10.0. The van der Waals surface area contributed by atoms with E-state index in [2.05, 4.69) is 16.0 Å². The maximum absolute atomic E-state index is 13.1. The number of benzene rings is 1. The van der Waals surface area contributed by atoms with E-state index in [0.29, 0.717) is 5.56 Å². The quantitative estimate of drug-likeness (QED) is 0.146. The number of primary amides is 1. The number of amides is 4. The minimum atomic E-state index is -1.62. The molecule has 4 amide bonds. The van der Waals surface area contributed by atoms with Crippen molar-refractivity contribution < 1.29 is 39.0 Å². The molecule has 4 atom stereocenters. The van der Waals surface area contributed by atoms with Crippen LogP contribution >= 0.6 is 0 Å². The molecule has 0 fully saturated rings. The molecule has 9 N–H and O–H groups in total. The number of aliphatic carboxylic acids is 2. The molecule has 0 spiro atoms. The molecule has 0 radical (unpaired) electrons. The zero-order valence-electron chi connectivity index (χ0n) is 20.1. The number of hydrogen-bond acceptors (Lipinski definition) is 7. The smallest absolute Gasteiger partial charge is 0.326 e. The van der Waals surface area contributed by atoms with Crippen molar-refractivity contribution in [1.29, 1.82) is 0 Å². The van der Waals surface area contributed by atoms with Crippen LogP contribution in [0.4, 0.5) is 0 Å². The second-order valence-corrected chi connectivity index (χ2v) is 8.59. The molecule has 0 saturated carbocycles. The van der Waals surface area contributed by atoms with Crippen LogP contribution < -0.4 is 27.4 Å². The Morgan fingerprint density at radius 2 is 1.42 bits per heavy atom. The highest BCUT2D eigenvalue weighted by Crippen LogP contribution is 2.07. The second-order valence-electron chi connectivity index (χ2n) is 8.59. The first-order chi connectivity index (χ1) is 16.8. The zero-order valence-corrected chi connectivity index (χ0v) is 20.1. The first-order valence-electron chi connectivity index (χ1n) is 11.2. The van der Waals surface area contributed by atoms with Crippen LogP contribution in [0.2, 0.25) is 0 Å². The van der Waals surface area contributed by atoms with Crippen LogP contribution in [0, 0.1) is 5.92 Å². The van der Waals surface area contributed by atoms with Crippen molar-refractivity contribution in [2.45, 2.75) is 63.7 Å². The van der Waals surface area contributed by atoms with Gasteiger partial charge in [0.15, 0.2) is 0 Å². The Kier molecular flexibility index (Phi) is 12.0. The normalized spacial score (nSPS) is 14.1. The van der Waals surface area contributed by atoms with Gasteiger partial charge in [-0.1, -0.05) is 44.2 Å². The van der Waals surface area contributed by atoms with E-state index < -0.39 is 72.1 Å². The van der Waals surface area contributed by atoms with Gasteiger partial charge in [-0.2, -0.15) is 0 Å². The summed E-state index contributed by atoms with van der Waals surface area (Å²) >= 11 is 0. The first-order valence-corrected chi connectivity index (χ1v) is 11.2. The van der Waals surface area contributed by atoms with Gasteiger partial charge in [-0.25, -0.2) is 4.79 Å². The number of nitrogens with two attached hydrogens (primary N) is 2. The number of carboxylic acids is 2. The van der Waals surface area contributed by atoms with E-state index in [9.17, 15) is 39.0 Å². The van der Waals surface area contributed by atoms with Crippen LogP contribution in [0.15, 0.2) is 30.3 Å². The van der Waals surface area contributed by atoms with Crippen LogP contribution in [-0.4, -0.2) is 69.9 Å². The van der Waals surface area contributed by atoms with E-state index in [-0.39, 0.29) is 19.3 Å². The lowest BCUT2D eigenvalue weighted by Gasteiger charge is -2.25. The lowest BCUT2D eigenvalue weighted by molar-refractivity contribution is -0.144. The predicted molar refractivity (Wildman–Crippen MR) is 127 cm³/mol. The monoisotopic (exact) mass is 507 g/mol. The summed E-state index contributed by atoms with van der Waals surface area (Å²) in [5, 5.41) is 25.5. The minimum Gasteiger partial charge on any atom is -0.481 e. The minimum absolute atomic E-state index is 0.0217. The molecule has 0 bridgehead atoms. The molecule has 0 saturated heterocycles. The van der Waals surface area contributed by atoms with Crippen LogP contribution in [0.25, 0.3) is 0 Å². The Hall–Kier alpha value is -4.00. The highest BCUT2D eigenvalue weighted by atomic mass is 16.4. The number of nitrogens with one attached hydrogen (secondary N) is 3. The molecule has 198 valence electrons. The van der Waals surface area contributed by atoms with Crippen LogP contribution in [0.5, 0.6) is 0 Å². The molecular formula is C23H33N5O8. The molecule has 4 unspecified atom stereocenters. The topological polar surface area (TPSA) is 231 Å². The fraction of sp³-hybridized carbons (Fsp3) is 0.478. The van der Waals surface area contributed by atoms with Gasteiger partial charge in [0.05, 0.1) is 12.5 Å².